The number of pyridine rings is 1. The number of nitrogens with one attached hydrogen (secondary N) is 2. The molecule has 0 aliphatic heterocycles. The van der Waals surface area contributed by atoms with E-state index < -0.39 is 5.91 Å². The molecule has 1 heterocycles. The number of nitrogens with zero attached hydrogens (tertiary/aromatic N) is 1. The smallest absolute Gasteiger partial charge is 0.271 e. The van der Waals surface area contributed by atoms with Crippen molar-refractivity contribution in [3.63, 3.8) is 0 Å². The maximum Gasteiger partial charge on any atom is 0.271 e. The maximum atomic E-state index is 12.3. The number of hydrogen-bond donors (Lipinski definition) is 2. The Morgan fingerprint density at radius 3 is 2.41 bits per heavy atom. The Balaban J connectivity index is 1.63. The summed E-state index contributed by atoms with van der Waals surface area (Å²) in [6.07, 6.45) is 6.44. The molecule has 1 saturated carbocycles. The Morgan fingerprint density at radius 2 is 1.70 bits per heavy atom. The van der Waals surface area contributed by atoms with E-state index in [0.717, 1.165) is 37.7 Å². The second kappa shape index (κ2) is 8.86. The highest BCUT2D eigenvalue weighted by atomic mass is 35.5. The van der Waals surface area contributed by atoms with Crippen LogP contribution in [0.15, 0.2) is 47.4 Å². The quantitative estimate of drug-likeness (QED) is 0.791. The summed E-state index contributed by atoms with van der Waals surface area (Å²) in [5.74, 6) is -0.653. The van der Waals surface area contributed by atoms with Crippen LogP contribution in [0, 0.1) is 5.92 Å². The Hall–Kier alpha value is -2.60. The van der Waals surface area contributed by atoms with Gasteiger partial charge >= 0.3 is 0 Å². The van der Waals surface area contributed by atoms with E-state index >= 15 is 0 Å². The number of carbonyl (C=O) groups excluding carboxylic acids is 2. The molecule has 2 aromatic rings. The molecule has 3 rings (SSSR count). The predicted molar refractivity (Wildman–Crippen MR) is 103 cm³/mol. The van der Waals surface area contributed by atoms with Gasteiger partial charge in [0.05, 0.1) is 12.1 Å². The fourth-order valence-corrected chi connectivity index (χ4v) is 3.36. The van der Waals surface area contributed by atoms with E-state index in [0.29, 0.717) is 17.1 Å². The van der Waals surface area contributed by atoms with Gasteiger partial charge in [-0.2, -0.15) is 0 Å². The predicted octanol–water partition coefficient (Wildman–Crippen LogP) is 2.89. The molecule has 1 aromatic carbocycles. The second-order valence-corrected chi connectivity index (χ2v) is 7.23. The average molecular weight is 388 g/mol. The van der Waals surface area contributed by atoms with Crippen LogP contribution >= 0.6 is 11.6 Å². The van der Waals surface area contributed by atoms with Crippen molar-refractivity contribution in [1.29, 1.82) is 0 Å². The molecule has 1 aliphatic carbocycles. The Morgan fingerprint density at radius 1 is 1.00 bits per heavy atom. The number of carbonyl (C=O) groups is 2. The summed E-state index contributed by atoms with van der Waals surface area (Å²) in [5.41, 5.74) is 5.92. The van der Waals surface area contributed by atoms with Crippen molar-refractivity contribution in [2.75, 3.05) is 0 Å². The van der Waals surface area contributed by atoms with Crippen molar-refractivity contribution >= 4 is 23.4 Å². The molecule has 0 atom stereocenters. The van der Waals surface area contributed by atoms with Crippen LogP contribution in [0.1, 0.15) is 48.0 Å². The minimum absolute atomic E-state index is 0.0436. The van der Waals surface area contributed by atoms with Crippen LogP contribution < -0.4 is 16.4 Å². The van der Waals surface area contributed by atoms with Crippen LogP contribution in [0.5, 0.6) is 0 Å². The third-order valence-corrected chi connectivity index (χ3v) is 5.04. The molecule has 142 valence electrons. The minimum atomic E-state index is -0.455. The zero-order chi connectivity index (χ0) is 19.2. The van der Waals surface area contributed by atoms with Crippen LogP contribution in [-0.2, 0) is 11.3 Å². The number of hydrogen-bond acceptors (Lipinski definition) is 3. The first-order valence-electron chi connectivity index (χ1n) is 9.08. The molecule has 0 unspecified atom stereocenters. The third kappa shape index (κ3) is 5.20. The first-order valence-corrected chi connectivity index (χ1v) is 9.46. The highest BCUT2D eigenvalue weighted by Gasteiger charge is 2.21. The number of hydrazine groups is 1. The number of rotatable bonds is 4. The highest BCUT2D eigenvalue weighted by molar-refractivity contribution is 6.30. The molecule has 2 amide bonds. The average Bonchev–Trinajstić information content (AvgIpc) is 2.70. The first kappa shape index (κ1) is 19.2. The number of amides is 2. The summed E-state index contributed by atoms with van der Waals surface area (Å²) in [4.78, 5) is 36.5. The second-order valence-electron chi connectivity index (χ2n) is 6.79. The summed E-state index contributed by atoms with van der Waals surface area (Å²) >= 11 is 5.87. The third-order valence-electron chi connectivity index (χ3n) is 4.79. The SMILES string of the molecule is O=C(NNC(=O)C1CCCCC1)c1ccc(=O)n(Cc2ccc(Cl)cc2)c1. The molecule has 0 spiro atoms. The normalized spacial score (nSPS) is 14.6. The zero-order valence-electron chi connectivity index (χ0n) is 14.9. The van der Waals surface area contributed by atoms with Crippen LogP contribution in [0.3, 0.4) is 0 Å². The molecule has 6 nitrogen and oxygen atoms in total. The number of aromatic nitrogens is 1. The van der Waals surface area contributed by atoms with Gasteiger partial charge in [0.15, 0.2) is 0 Å². The summed E-state index contributed by atoms with van der Waals surface area (Å²) < 4.78 is 1.45. The van der Waals surface area contributed by atoms with Crippen molar-refractivity contribution in [2.24, 2.45) is 5.92 Å². The van der Waals surface area contributed by atoms with Gasteiger partial charge in [-0.15, -0.1) is 0 Å². The fourth-order valence-electron chi connectivity index (χ4n) is 3.23. The minimum Gasteiger partial charge on any atom is -0.310 e. The lowest BCUT2D eigenvalue weighted by Gasteiger charge is -2.20. The van der Waals surface area contributed by atoms with Crippen molar-refractivity contribution in [3.8, 4) is 0 Å². The van der Waals surface area contributed by atoms with E-state index in [1.807, 2.05) is 12.1 Å². The molecule has 2 N–H and O–H groups in total. The molecule has 1 aliphatic rings. The van der Waals surface area contributed by atoms with Crippen molar-refractivity contribution in [2.45, 2.75) is 38.6 Å². The van der Waals surface area contributed by atoms with Gasteiger partial charge in [-0.1, -0.05) is 43.0 Å². The Bertz CT molecular complexity index is 871. The lowest BCUT2D eigenvalue weighted by atomic mass is 9.89. The Labute approximate surface area is 162 Å². The summed E-state index contributed by atoms with van der Waals surface area (Å²) in [5, 5.41) is 0.618. The monoisotopic (exact) mass is 387 g/mol. The van der Waals surface area contributed by atoms with Gasteiger partial charge < -0.3 is 4.57 Å². The molecular weight excluding hydrogens is 366 g/mol. The van der Waals surface area contributed by atoms with Gasteiger partial charge in [0.25, 0.3) is 11.5 Å². The molecule has 7 heteroatoms. The van der Waals surface area contributed by atoms with E-state index in [-0.39, 0.29) is 17.4 Å². The lowest BCUT2D eigenvalue weighted by Crippen LogP contribution is -2.45. The summed E-state index contributed by atoms with van der Waals surface area (Å²) in [6.45, 7) is 0.325. The van der Waals surface area contributed by atoms with Gasteiger partial charge in [0.1, 0.15) is 0 Å². The zero-order valence-corrected chi connectivity index (χ0v) is 15.7. The molecule has 0 radical (unpaired) electrons. The molecule has 27 heavy (non-hydrogen) atoms. The standard InChI is InChI=1S/C20H22ClN3O3/c21-17-9-6-14(7-10-17)12-24-13-16(8-11-18(24)25)20(27)23-22-19(26)15-4-2-1-3-5-15/h6-11,13,15H,1-5,12H2,(H,22,26)(H,23,27). The van der Waals surface area contributed by atoms with E-state index in [2.05, 4.69) is 10.9 Å². The Kier molecular flexibility index (Phi) is 6.29. The number of benzene rings is 1. The van der Waals surface area contributed by atoms with E-state index in [1.165, 1.54) is 22.9 Å². The van der Waals surface area contributed by atoms with Gasteiger partial charge in [-0.3, -0.25) is 25.2 Å². The molecule has 1 fully saturated rings. The molecular formula is C20H22ClN3O3. The van der Waals surface area contributed by atoms with Crippen LogP contribution in [0.4, 0.5) is 0 Å². The highest BCUT2D eigenvalue weighted by Crippen LogP contribution is 2.23. The van der Waals surface area contributed by atoms with Gasteiger partial charge in [-0.05, 0) is 36.6 Å². The van der Waals surface area contributed by atoms with Crippen LogP contribution in [0.25, 0.3) is 0 Å². The molecule has 0 bridgehead atoms. The van der Waals surface area contributed by atoms with E-state index in [1.54, 1.807) is 12.1 Å². The maximum absolute atomic E-state index is 12.3. The van der Waals surface area contributed by atoms with Crippen LogP contribution in [0.2, 0.25) is 5.02 Å². The van der Waals surface area contributed by atoms with Gasteiger partial charge in [0.2, 0.25) is 5.91 Å². The topological polar surface area (TPSA) is 80.2 Å². The van der Waals surface area contributed by atoms with Crippen molar-refractivity contribution in [3.05, 3.63) is 69.1 Å². The van der Waals surface area contributed by atoms with Gasteiger partial charge in [0, 0.05) is 23.2 Å². The van der Waals surface area contributed by atoms with E-state index in [4.69, 9.17) is 11.6 Å². The molecule has 1 aromatic heterocycles. The summed E-state index contributed by atoms with van der Waals surface area (Å²) in [6, 6.07) is 9.94. The van der Waals surface area contributed by atoms with Crippen molar-refractivity contribution < 1.29 is 9.59 Å². The van der Waals surface area contributed by atoms with Crippen molar-refractivity contribution in [1.82, 2.24) is 15.4 Å². The fraction of sp³-hybridized carbons (Fsp3) is 0.350. The largest absolute Gasteiger partial charge is 0.310 e. The summed E-state index contributed by atoms with van der Waals surface area (Å²) in [7, 11) is 0. The molecule has 0 saturated heterocycles. The van der Waals surface area contributed by atoms with Crippen LogP contribution in [-0.4, -0.2) is 16.4 Å². The van der Waals surface area contributed by atoms with E-state index in [9.17, 15) is 14.4 Å². The van der Waals surface area contributed by atoms with Gasteiger partial charge in [-0.25, -0.2) is 0 Å². The number of halogens is 1. The first-order chi connectivity index (χ1) is 13.0. The lowest BCUT2D eigenvalue weighted by molar-refractivity contribution is -0.126.